The fourth-order valence-electron chi connectivity index (χ4n) is 3.10. The number of carbonyl (C=O) groups excluding carboxylic acids is 1. The van der Waals surface area contributed by atoms with E-state index in [2.05, 4.69) is 23.2 Å². The number of hydrogen-bond acceptors (Lipinski definition) is 3. The summed E-state index contributed by atoms with van der Waals surface area (Å²) in [6.07, 6.45) is 2.43. The van der Waals surface area contributed by atoms with Crippen LogP contribution in [0.4, 0.5) is 4.39 Å². The van der Waals surface area contributed by atoms with Gasteiger partial charge in [0.2, 0.25) is 0 Å². The highest BCUT2D eigenvalue weighted by Gasteiger charge is 2.17. The van der Waals surface area contributed by atoms with Gasteiger partial charge in [-0.3, -0.25) is 4.79 Å². The van der Waals surface area contributed by atoms with Gasteiger partial charge >= 0.3 is 0 Å². The molecule has 0 aliphatic heterocycles. The zero-order valence-electron chi connectivity index (χ0n) is 14.0. The van der Waals surface area contributed by atoms with Crippen molar-refractivity contribution >= 4 is 27.3 Å². The average molecular weight is 361 g/mol. The normalized spacial score (nSPS) is 11.0. The van der Waals surface area contributed by atoms with E-state index in [9.17, 15) is 9.18 Å². The Labute approximate surface area is 155 Å². The van der Waals surface area contributed by atoms with E-state index in [0.717, 1.165) is 31.8 Å². The molecule has 0 aliphatic carbocycles. The molecule has 0 N–H and O–H groups in total. The summed E-state index contributed by atoms with van der Waals surface area (Å²) in [6, 6.07) is 20.2. The molecular formula is C22H16FNOS. The minimum absolute atomic E-state index is 0.111. The monoisotopic (exact) mass is 361 g/mol. The first-order valence-electron chi connectivity index (χ1n) is 8.38. The van der Waals surface area contributed by atoms with Crippen LogP contribution in [0.2, 0.25) is 0 Å². The quantitative estimate of drug-likeness (QED) is 0.473. The SMILES string of the molecule is O=C(Cc1ccc(F)cc1)Cc1sc2ncccc2c1-c1ccccc1. The van der Waals surface area contributed by atoms with E-state index in [1.54, 1.807) is 29.7 Å². The summed E-state index contributed by atoms with van der Waals surface area (Å²) in [6.45, 7) is 0. The van der Waals surface area contributed by atoms with Gasteiger partial charge < -0.3 is 0 Å². The molecule has 2 nitrogen and oxygen atoms in total. The maximum absolute atomic E-state index is 13.0. The molecule has 2 heterocycles. The van der Waals surface area contributed by atoms with Gasteiger partial charge in [-0.05, 0) is 35.4 Å². The van der Waals surface area contributed by atoms with Crippen molar-refractivity contribution in [3.63, 3.8) is 0 Å². The van der Waals surface area contributed by atoms with E-state index in [-0.39, 0.29) is 11.6 Å². The van der Waals surface area contributed by atoms with E-state index in [1.807, 2.05) is 24.3 Å². The molecule has 0 fully saturated rings. The topological polar surface area (TPSA) is 30.0 Å². The minimum Gasteiger partial charge on any atom is -0.299 e. The van der Waals surface area contributed by atoms with Crippen LogP contribution in [-0.2, 0) is 17.6 Å². The molecule has 4 aromatic rings. The Bertz CT molecular complexity index is 1050. The molecule has 0 saturated heterocycles. The van der Waals surface area contributed by atoms with Gasteiger partial charge in [-0.1, -0.05) is 42.5 Å². The van der Waals surface area contributed by atoms with E-state index >= 15 is 0 Å². The fraction of sp³-hybridized carbons (Fsp3) is 0.0909. The number of nitrogens with zero attached hydrogens (tertiary/aromatic N) is 1. The Balaban J connectivity index is 1.67. The number of halogens is 1. The lowest BCUT2D eigenvalue weighted by Gasteiger charge is -2.05. The van der Waals surface area contributed by atoms with Crippen LogP contribution < -0.4 is 0 Å². The standard InChI is InChI=1S/C22H16FNOS/c23-17-10-8-15(9-11-17)13-18(25)14-20-21(16-5-2-1-3-6-16)19-7-4-12-24-22(19)26-20/h1-12H,13-14H2. The number of Topliss-reactive ketones (excluding diaryl/α,β-unsaturated/α-hetero) is 1. The summed E-state index contributed by atoms with van der Waals surface area (Å²) < 4.78 is 13.0. The van der Waals surface area contributed by atoms with Crippen molar-refractivity contribution in [1.29, 1.82) is 0 Å². The van der Waals surface area contributed by atoms with Crippen LogP contribution >= 0.6 is 11.3 Å². The predicted molar refractivity (Wildman–Crippen MR) is 104 cm³/mol. The molecule has 2 aromatic heterocycles. The first-order valence-corrected chi connectivity index (χ1v) is 9.20. The molecule has 0 radical (unpaired) electrons. The third kappa shape index (κ3) is 3.41. The first-order chi connectivity index (χ1) is 12.7. The van der Waals surface area contributed by atoms with Crippen LogP contribution in [0.5, 0.6) is 0 Å². The van der Waals surface area contributed by atoms with E-state index in [1.165, 1.54) is 12.1 Å². The highest BCUT2D eigenvalue weighted by atomic mass is 32.1. The van der Waals surface area contributed by atoms with Crippen LogP contribution in [0.1, 0.15) is 10.4 Å². The highest BCUT2D eigenvalue weighted by Crippen LogP contribution is 2.38. The second kappa shape index (κ2) is 7.18. The molecule has 4 heteroatoms. The fourth-order valence-corrected chi connectivity index (χ4v) is 4.29. The number of hydrogen-bond donors (Lipinski definition) is 0. The van der Waals surface area contributed by atoms with E-state index in [0.29, 0.717) is 12.8 Å². The molecule has 2 aromatic carbocycles. The van der Waals surface area contributed by atoms with Crippen molar-refractivity contribution in [2.45, 2.75) is 12.8 Å². The number of thiophene rings is 1. The summed E-state index contributed by atoms with van der Waals surface area (Å²) in [5, 5.41) is 1.08. The number of carbonyl (C=O) groups is 1. The van der Waals surface area contributed by atoms with Crippen LogP contribution in [0.25, 0.3) is 21.3 Å². The molecule has 0 atom stereocenters. The number of ketones is 1. The minimum atomic E-state index is -0.289. The Hall–Kier alpha value is -2.85. The third-order valence-electron chi connectivity index (χ3n) is 4.27. The van der Waals surface area contributed by atoms with Crippen molar-refractivity contribution in [1.82, 2.24) is 4.98 Å². The Morgan fingerprint density at radius 3 is 2.46 bits per heavy atom. The zero-order chi connectivity index (χ0) is 17.9. The molecule has 0 saturated carbocycles. The maximum Gasteiger partial charge on any atom is 0.142 e. The second-order valence-electron chi connectivity index (χ2n) is 6.14. The van der Waals surface area contributed by atoms with Crippen LogP contribution in [0.15, 0.2) is 72.9 Å². The molecule has 0 spiro atoms. The molecule has 4 rings (SSSR count). The van der Waals surface area contributed by atoms with E-state index in [4.69, 9.17) is 0 Å². The number of pyridine rings is 1. The Morgan fingerprint density at radius 1 is 0.923 bits per heavy atom. The van der Waals surface area contributed by atoms with Gasteiger partial charge in [-0.15, -0.1) is 11.3 Å². The molecule has 26 heavy (non-hydrogen) atoms. The molecule has 128 valence electrons. The van der Waals surface area contributed by atoms with Gasteiger partial charge in [-0.25, -0.2) is 9.37 Å². The van der Waals surface area contributed by atoms with Crippen molar-refractivity contribution < 1.29 is 9.18 Å². The summed E-state index contributed by atoms with van der Waals surface area (Å²) in [7, 11) is 0. The number of fused-ring (bicyclic) bond motifs is 1. The molecule has 0 amide bonds. The highest BCUT2D eigenvalue weighted by molar-refractivity contribution is 7.19. The van der Waals surface area contributed by atoms with Crippen LogP contribution in [0.3, 0.4) is 0 Å². The summed E-state index contributed by atoms with van der Waals surface area (Å²) in [5.74, 6) is -0.177. The summed E-state index contributed by atoms with van der Waals surface area (Å²) in [4.78, 5) is 19.0. The second-order valence-corrected chi connectivity index (χ2v) is 7.22. The molecule has 0 aliphatic rings. The summed E-state index contributed by atoms with van der Waals surface area (Å²) >= 11 is 1.57. The Kier molecular flexibility index (Phi) is 4.59. The summed E-state index contributed by atoms with van der Waals surface area (Å²) in [5.41, 5.74) is 3.01. The lowest BCUT2D eigenvalue weighted by Crippen LogP contribution is -2.06. The maximum atomic E-state index is 13.0. The van der Waals surface area contributed by atoms with Crippen molar-refractivity contribution in [3.05, 3.63) is 89.2 Å². The average Bonchev–Trinajstić information content (AvgIpc) is 3.02. The molecule has 0 unspecified atom stereocenters. The van der Waals surface area contributed by atoms with Gasteiger partial charge in [0.25, 0.3) is 0 Å². The van der Waals surface area contributed by atoms with Crippen molar-refractivity contribution in [2.75, 3.05) is 0 Å². The largest absolute Gasteiger partial charge is 0.299 e. The van der Waals surface area contributed by atoms with Gasteiger partial charge in [0.1, 0.15) is 16.4 Å². The lowest BCUT2D eigenvalue weighted by atomic mass is 9.99. The third-order valence-corrected chi connectivity index (χ3v) is 5.39. The van der Waals surface area contributed by atoms with Gasteiger partial charge in [-0.2, -0.15) is 0 Å². The van der Waals surface area contributed by atoms with Crippen LogP contribution in [-0.4, -0.2) is 10.8 Å². The lowest BCUT2D eigenvalue weighted by molar-refractivity contribution is -0.117. The molecule has 0 bridgehead atoms. The van der Waals surface area contributed by atoms with E-state index < -0.39 is 0 Å². The smallest absolute Gasteiger partial charge is 0.142 e. The van der Waals surface area contributed by atoms with Gasteiger partial charge in [0.05, 0.1) is 0 Å². The Morgan fingerprint density at radius 2 is 1.69 bits per heavy atom. The predicted octanol–water partition coefficient (Wildman–Crippen LogP) is 5.46. The zero-order valence-corrected chi connectivity index (χ0v) is 14.8. The molecular weight excluding hydrogens is 345 g/mol. The van der Waals surface area contributed by atoms with Gasteiger partial charge in [0, 0.05) is 34.9 Å². The number of rotatable bonds is 5. The first kappa shape index (κ1) is 16.6. The van der Waals surface area contributed by atoms with Crippen LogP contribution in [0, 0.1) is 5.82 Å². The number of aromatic nitrogens is 1. The van der Waals surface area contributed by atoms with Gasteiger partial charge in [0.15, 0.2) is 0 Å². The van der Waals surface area contributed by atoms with Crippen molar-refractivity contribution in [3.8, 4) is 11.1 Å². The number of benzene rings is 2. The van der Waals surface area contributed by atoms with Crippen molar-refractivity contribution in [2.24, 2.45) is 0 Å².